The van der Waals surface area contributed by atoms with Gasteiger partial charge in [0.25, 0.3) is 0 Å². The van der Waals surface area contributed by atoms with Gasteiger partial charge >= 0.3 is 5.97 Å². The third-order valence-corrected chi connectivity index (χ3v) is 5.94. The van der Waals surface area contributed by atoms with Gasteiger partial charge in [-0.15, -0.1) is 0 Å². The first kappa shape index (κ1) is 19.4. The molecule has 0 bridgehead atoms. The second-order valence-corrected chi connectivity index (χ2v) is 7.81. The Hall–Kier alpha value is -2.40. The molecule has 0 heterocycles. The zero-order valence-corrected chi connectivity index (χ0v) is 16.1. The van der Waals surface area contributed by atoms with Gasteiger partial charge in [0, 0.05) is 24.9 Å². The van der Waals surface area contributed by atoms with Gasteiger partial charge in [-0.05, 0) is 29.7 Å². The smallest absolute Gasteiger partial charge is 0.330 e. The van der Waals surface area contributed by atoms with Gasteiger partial charge in [0.05, 0.1) is 6.10 Å². The summed E-state index contributed by atoms with van der Waals surface area (Å²) < 4.78 is 5.64. The lowest BCUT2D eigenvalue weighted by Crippen LogP contribution is -2.76. The number of amides is 1. The summed E-state index contributed by atoms with van der Waals surface area (Å²) in [6.45, 7) is 6.10. The van der Waals surface area contributed by atoms with Crippen LogP contribution in [0.25, 0.3) is 10.8 Å². The molecule has 2 N–H and O–H groups in total. The van der Waals surface area contributed by atoms with E-state index in [4.69, 9.17) is 4.74 Å². The van der Waals surface area contributed by atoms with Crippen molar-refractivity contribution in [1.82, 2.24) is 5.32 Å². The third-order valence-electron chi connectivity index (χ3n) is 5.94. The Morgan fingerprint density at radius 1 is 1.19 bits per heavy atom. The summed E-state index contributed by atoms with van der Waals surface area (Å²) in [7, 11) is 0. The van der Waals surface area contributed by atoms with Crippen LogP contribution in [-0.4, -0.2) is 35.2 Å². The predicted octanol–water partition coefficient (Wildman–Crippen LogP) is 3.55. The maximum atomic E-state index is 12.5. The molecule has 1 fully saturated rings. The number of ether oxygens (including phenoxy) is 1. The number of carbonyl (C=O) groups is 2. The Bertz CT molecular complexity index is 860. The highest BCUT2D eigenvalue weighted by Gasteiger charge is 2.66. The standard InChI is InChI=1S/C22H27NO4/c1-4-27-18-14-22(20(25)26,21(18,2)3)23-19(24)12-10-15-9-11-16-7-5-6-8-17(16)13-15/h5-9,11,13,18H,4,10,12,14H2,1-3H3,(H,23,24)(H,25,26). The van der Waals surface area contributed by atoms with Gasteiger partial charge in [-0.25, -0.2) is 4.79 Å². The first-order chi connectivity index (χ1) is 12.8. The number of aliphatic carboxylic acids is 1. The first-order valence-corrected chi connectivity index (χ1v) is 9.44. The van der Waals surface area contributed by atoms with E-state index < -0.39 is 16.9 Å². The molecule has 2 atom stereocenters. The summed E-state index contributed by atoms with van der Waals surface area (Å²) in [5.74, 6) is -1.24. The molecule has 0 radical (unpaired) electrons. The van der Waals surface area contributed by atoms with Crippen LogP contribution >= 0.6 is 0 Å². The number of nitrogens with one attached hydrogen (secondary N) is 1. The number of hydrogen-bond acceptors (Lipinski definition) is 3. The van der Waals surface area contributed by atoms with Crippen LogP contribution in [0.1, 0.15) is 39.2 Å². The van der Waals surface area contributed by atoms with Crippen molar-refractivity contribution in [2.45, 2.75) is 51.7 Å². The molecular formula is C22H27NO4. The van der Waals surface area contributed by atoms with Gasteiger partial charge in [0.1, 0.15) is 5.54 Å². The molecule has 2 unspecified atom stereocenters. The summed E-state index contributed by atoms with van der Waals surface area (Å²) in [6.07, 6.45) is 0.953. The summed E-state index contributed by atoms with van der Waals surface area (Å²) >= 11 is 0. The van der Waals surface area contributed by atoms with Gasteiger partial charge in [-0.3, -0.25) is 4.79 Å². The lowest BCUT2D eigenvalue weighted by atomic mass is 9.54. The summed E-state index contributed by atoms with van der Waals surface area (Å²) in [5, 5.41) is 14.9. The summed E-state index contributed by atoms with van der Waals surface area (Å²) in [4.78, 5) is 24.5. The number of benzene rings is 2. The van der Waals surface area contributed by atoms with Gasteiger partial charge in [0.15, 0.2) is 0 Å². The molecule has 144 valence electrons. The molecule has 0 saturated heterocycles. The van der Waals surface area contributed by atoms with Crippen molar-refractivity contribution >= 4 is 22.6 Å². The minimum Gasteiger partial charge on any atom is -0.479 e. The van der Waals surface area contributed by atoms with E-state index in [9.17, 15) is 14.7 Å². The van der Waals surface area contributed by atoms with Crippen LogP contribution in [0.2, 0.25) is 0 Å². The van der Waals surface area contributed by atoms with E-state index >= 15 is 0 Å². The molecule has 1 saturated carbocycles. The highest BCUT2D eigenvalue weighted by atomic mass is 16.5. The van der Waals surface area contributed by atoms with Gasteiger partial charge in [-0.1, -0.05) is 56.3 Å². The van der Waals surface area contributed by atoms with Crippen molar-refractivity contribution in [3.8, 4) is 0 Å². The maximum Gasteiger partial charge on any atom is 0.330 e. The van der Waals surface area contributed by atoms with E-state index in [-0.39, 0.29) is 18.4 Å². The molecule has 27 heavy (non-hydrogen) atoms. The van der Waals surface area contributed by atoms with Gasteiger partial charge < -0.3 is 15.2 Å². The minimum absolute atomic E-state index is 0.167. The average molecular weight is 369 g/mol. The number of hydrogen-bond donors (Lipinski definition) is 2. The van der Waals surface area contributed by atoms with Crippen molar-refractivity contribution in [1.29, 1.82) is 0 Å². The van der Waals surface area contributed by atoms with E-state index in [0.29, 0.717) is 19.4 Å². The molecular weight excluding hydrogens is 342 g/mol. The largest absolute Gasteiger partial charge is 0.479 e. The molecule has 0 aromatic heterocycles. The molecule has 5 heteroatoms. The van der Waals surface area contributed by atoms with Crippen LogP contribution in [-0.2, 0) is 20.7 Å². The highest BCUT2D eigenvalue weighted by Crippen LogP contribution is 2.51. The number of fused-ring (bicyclic) bond motifs is 1. The Morgan fingerprint density at radius 3 is 2.52 bits per heavy atom. The van der Waals surface area contributed by atoms with E-state index in [1.807, 2.05) is 51.1 Å². The van der Waals surface area contributed by atoms with E-state index in [0.717, 1.165) is 16.3 Å². The lowest BCUT2D eigenvalue weighted by Gasteiger charge is -2.58. The second kappa shape index (κ2) is 7.31. The zero-order chi connectivity index (χ0) is 19.7. The van der Waals surface area contributed by atoms with Crippen LogP contribution < -0.4 is 5.32 Å². The van der Waals surface area contributed by atoms with Crippen LogP contribution in [0.5, 0.6) is 0 Å². The number of carbonyl (C=O) groups excluding carboxylic acids is 1. The van der Waals surface area contributed by atoms with Crippen LogP contribution in [0.3, 0.4) is 0 Å². The van der Waals surface area contributed by atoms with Crippen molar-refractivity contribution in [2.75, 3.05) is 6.61 Å². The molecule has 1 amide bonds. The first-order valence-electron chi connectivity index (χ1n) is 9.44. The fraction of sp³-hybridized carbons (Fsp3) is 0.455. The molecule has 0 aliphatic heterocycles. The highest BCUT2D eigenvalue weighted by molar-refractivity contribution is 5.89. The molecule has 1 aliphatic carbocycles. The van der Waals surface area contributed by atoms with E-state index in [2.05, 4.69) is 17.4 Å². The fourth-order valence-corrected chi connectivity index (χ4v) is 3.99. The topological polar surface area (TPSA) is 75.6 Å². The SMILES string of the molecule is CCOC1CC(NC(=O)CCc2ccc3ccccc3c2)(C(=O)O)C1(C)C. The van der Waals surface area contributed by atoms with Crippen molar-refractivity contribution in [3.05, 3.63) is 48.0 Å². The third kappa shape index (κ3) is 3.44. The second-order valence-electron chi connectivity index (χ2n) is 7.81. The monoisotopic (exact) mass is 369 g/mol. The van der Waals surface area contributed by atoms with E-state index in [1.54, 1.807) is 0 Å². The van der Waals surface area contributed by atoms with Gasteiger partial charge in [0.2, 0.25) is 5.91 Å². The van der Waals surface area contributed by atoms with Crippen LogP contribution in [0.15, 0.2) is 42.5 Å². The molecule has 1 aliphatic rings. The summed E-state index contributed by atoms with van der Waals surface area (Å²) in [5.41, 5.74) is -0.867. The number of carboxylic acid groups (broad SMARTS) is 1. The van der Waals surface area contributed by atoms with Gasteiger partial charge in [-0.2, -0.15) is 0 Å². The van der Waals surface area contributed by atoms with Crippen LogP contribution in [0, 0.1) is 5.41 Å². The molecule has 2 aromatic carbocycles. The predicted molar refractivity (Wildman–Crippen MR) is 105 cm³/mol. The Kier molecular flexibility index (Phi) is 5.24. The number of aryl methyl sites for hydroxylation is 1. The molecule has 3 rings (SSSR count). The maximum absolute atomic E-state index is 12.5. The normalized spacial score (nSPS) is 23.6. The quantitative estimate of drug-likeness (QED) is 0.783. The van der Waals surface area contributed by atoms with Crippen molar-refractivity contribution in [2.24, 2.45) is 5.41 Å². The number of rotatable bonds is 7. The van der Waals surface area contributed by atoms with Crippen molar-refractivity contribution in [3.63, 3.8) is 0 Å². The Morgan fingerprint density at radius 2 is 1.89 bits per heavy atom. The van der Waals surface area contributed by atoms with Crippen molar-refractivity contribution < 1.29 is 19.4 Å². The molecule has 0 spiro atoms. The van der Waals surface area contributed by atoms with Crippen LogP contribution in [0.4, 0.5) is 0 Å². The fourth-order valence-electron chi connectivity index (χ4n) is 3.99. The lowest BCUT2D eigenvalue weighted by molar-refractivity contribution is -0.194. The summed E-state index contributed by atoms with van der Waals surface area (Å²) in [6, 6.07) is 14.2. The Balaban J connectivity index is 1.66. The molecule has 5 nitrogen and oxygen atoms in total. The minimum atomic E-state index is -1.27. The zero-order valence-electron chi connectivity index (χ0n) is 16.1. The molecule has 2 aromatic rings. The Labute approximate surface area is 159 Å². The number of carboxylic acids is 1. The average Bonchev–Trinajstić information content (AvgIpc) is 2.64. The van der Waals surface area contributed by atoms with E-state index in [1.165, 1.54) is 0 Å².